The molecule has 1 unspecified atom stereocenters. The Kier molecular flexibility index (Phi) is 3.59. The summed E-state index contributed by atoms with van der Waals surface area (Å²) >= 11 is 0. The summed E-state index contributed by atoms with van der Waals surface area (Å²) in [5.41, 5.74) is 2.14. The van der Waals surface area contributed by atoms with Gasteiger partial charge < -0.3 is 10.4 Å². The highest BCUT2D eigenvalue weighted by Crippen LogP contribution is 2.04. The minimum Gasteiger partial charge on any atom is -0.480 e. The van der Waals surface area contributed by atoms with Crippen molar-refractivity contribution in [1.29, 1.82) is 0 Å². The first-order valence-electron chi connectivity index (χ1n) is 4.47. The lowest BCUT2D eigenvalue weighted by atomic mass is 10.1. The van der Waals surface area contributed by atoms with E-state index in [-0.39, 0.29) is 0 Å². The molecule has 0 saturated carbocycles. The van der Waals surface area contributed by atoms with E-state index < -0.39 is 12.0 Å². The third kappa shape index (κ3) is 2.81. The van der Waals surface area contributed by atoms with Crippen LogP contribution in [0, 0.1) is 6.92 Å². The van der Waals surface area contributed by atoms with Crippen LogP contribution in [0.2, 0.25) is 0 Å². The van der Waals surface area contributed by atoms with Crippen molar-refractivity contribution in [2.24, 2.45) is 0 Å². The summed E-state index contributed by atoms with van der Waals surface area (Å²) in [6.45, 7) is 4.13. The van der Waals surface area contributed by atoms with Crippen molar-refractivity contribution in [3.8, 4) is 0 Å². The van der Waals surface area contributed by atoms with Crippen molar-refractivity contribution >= 4 is 5.97 Å². The van der Waals surface area contributed by atoms with Gasteiger partial charge in [0, 0.05) is 18.9 Å². The number of carbonyl (C=O) groups is 1. The third-order valence-electron chi connectivity index (χ3n) is 2.12. The van der Waals surface area contributed by atoms with Crippen molar-refractivity contribution in [1.82, 2.24) is 10.3 Å². The van der Waals surface area contributed by atoms with E-state index in [0.29, 0.717) is 6.54 Å². The number of nitrogens with zero attached hydrogens (tertiary/aromatic N) is 1. The normalized spacial score (nSPS) is 12.4. The standard InChI is InChI=1S/C10H14N2O2/c1-7-3-4-11-5-9(7)6-12-8(2)10(13)14/h3-5,8,12H,6H2,1-2H3,(H,13,14). The minimum absolute atomic E-state index is 0.533. The molecule has 0 radical (unpaired) electrons. The smallest absolute Gasteiger partial charge is 0.320 e. The van der Waals surface area contributed by atoms with E-state index in [0.717, 1.165) is 11.1 Å². The lowest BCUT2D eigenvalue weighted by Crippen LogP contribution is -2.33. The van der Waals surface area contributed by atoms with Crippen LogP contribution in [0.25, 0.3) is 0 Å². The first kappa shape index (κ1) is 10.7. The van der Waals surface area contributed by atoms with Crippen molar-refractivity contribution < 1.29 is 9.90 Å². The first-order chi connectivity index (χ1) is 6.61. The molecule has 1 rings (SSSR count). The maximum atomic E-state index is 10.5. The van der Waals surface area contributed by atoms with Crippen molar-refractivity contribution in [3.63, 3.8) is 0 Å². The fourth-order valence-corrected chi connectivity index (χ4v) is 1.03. The Labute approximate surface area is 83.0 Å². The number of hydrogen-bond donors (Lipinski definition) is 2. The Morgan fingerprint density at radius 1 is 1.71 bits per heavy atom. The van der Waals surface area contributed by atoms with Crippen LogP contribution in [-0.4, -0.2) is 22.1 Å². The highest BCUT2D eigenvalue weighted by molar-refractivity contribution is 5.72. The monoisotopic (exact) mass is 194 g/mol. The van der Waals surface area contributed by atoms with Gasteiger partial charge in [0.15, 0.2) is 0 Å². The SMILES string of the molecule is Cc1ccncc1CNC(C)C(=O)O. The molecule has 76 valence electrons. The largest absolute Gasteiger partial charge is 0.480 e. The van der Waals surface area contributed by atoms with E-state index in [4.69, 9.17) is 5.11 Å². The van der Waals surface area contributed by atoms with Crippen molar-refractivity contribution in [2.45, 2.75) is 26.4 Å². The van der Waals surface area contributed by atoms with Crippen LogP contribution in [0.1, 0.15) is 18.1 Å². The number of hydrogen-bond acceptors (Lipinski definition) is 3. The van der Waals surface area contributed by atoms with E-state index in [9.17, 15) is 4.79 Å². The molecule has 0 spiro atoms. The number of aryl methyl sites for hydroxylation is 1. The second-order valence-electron chi connectivity index (χ2n) is 3.24. The fraction of sp³-hybridized carbons (Fsp3) is 0.400. The van der Waals surface area contributed by atoms with E-state index >= 15 is 0 Å². The minimum atomic E-state index is -0.841. The van der Waals surface area contributed by atoms with Crippen molar-refractivity contribution in [3.05, 3.63) is 29.6 Å². The molecule has 1 aromatic heterocycles. The molecular weight excluding hydrogens is 180 g/mol. The highest BCUT2D eigenvalue weighted by Gasteiger charge is 2.09. The summed E-state index contributed by atoms with van der Waals surface area (Å²) in [6.07, 6.45) is 3.47. The number of carboxylic acids is 1. The molecule has 0 aliphatic rings. The molecule has 0 aliphatic carbocycles. The summed E-state index contributed by atoms with van der Waals surface area (Å²) in [4.78, 5) is 14.5. The van der Waals surface area contributed by atoms with Gasteiger partial charge in [0.2, 0.25) is 0 Å². The Balaban J connectivity index is 2.54. The Morgan fingerprint density at radius 3 is 3.00 bits per heavy atom. The fourth-order valence-electron chi connectivity index (χ4n) is 1.03. The molecule has 1 atom stereocenters. The molecule has 2 N–H and O–H groups in total. The van der Waals surface area contributed by atoms with Gasteiger partial charge in [-0.2, -0.15) is 0 Å². The van der Waals surface area contributed by atoms with E-state index in [1.165, 1.54) is 0 Å². The van der Waals surface area contributed by atoms with Gasteiger partial charge in [-0.15, -0.1) is 0 Å². The zero-order chi connectivity index (χ0) is 10.6. The van der Waals surface area contributed by atoms with Gasteiger partial charge in [-0.05, 0) is 31.0 Å². The number of aliphatic carboxylic acids is 1. The molecule has 4 heteroatoms. The molecule has 0 amide bonds. The van der Waals surface area contributed by atoms with Crippen LogP contribution in [-0.2, 0) is 11.3 Å². The Bertz CT molecular complexity index is 326. The van der Waals surface area contributed by atoms with Gasteiger partial charge in [0.1, 0.15) is 6.04 Å². The van der Waals surface area contributed by atoms with E-state index in [2.05, 4.69) is 10.3 Å². The summed E-state index contributed by atoms with van der Waals surface area (Å²) in [5, 5.41) is 11.6. The summed E-state index contributed by atoms with van der Waals surface area (Å²) < 4.78 is 0. The molecule has 0 aliphatic heterocycles. The van der Waals surface area contributed by atoms with Gasteiger partial charge in [0.25, 0.3) is 0 Å². The molecular formula is C10H14N2O2. The zero-order valence-corrected chi connectivity index (χ0v) is 8.32. The molecule has 4 nitrogen and oxygen atoms in total. The summed E-state index contributed by atoms with van der Waals surface area (Å²) in [6, 6.07) is 1.37. The number of nitrogens with one attached hydrogen (secondary N) is 1. The average molecular weight is 194 g/mol. The summed E-state index contributed by atoms with van der Waals surface area (Å²) in [5.74, 6) is -0.841. The number of rotatable bonds is 4. The van der Waals surface area contributed by atoms with Crippen LogP contribution in [0.4, 0.5) is 0 Å². The van der Waals surface area contributed by atoms with Crippen LogP contribution in [0.3, 0.4) is 0 Å². The van der Waals surface area contributed by atoms with Crippen LogP contribution in [0.5, 0.6) is 0 Å². The van der Waals surface area contributed by atoms with Gasteiger partial charge in [-0.3, -0.25) is 9.78 Å². The molecule has 0 aromatic carbocycles. The average Bonchev–Trinajstić information content (AvgIpc) is 2.16. The Hall–Kier alpha value is -1.42. The second-order valence-corrected chi connectivity index (χ2v) is 3.24. The topological polar surface area (TPSA) is 62.2 Å². The van der Waals surface area contributed by atoms with Crippen LogP contribution < -0.4 is 5.32 Å². The molecule has 14 heavy (non-hydrogen) atoms. The lowest BCUT2D eigenvalue weighted by molar-refractivity contribution is -0.139. The number of carboxylic acid groups (broad SMARTS) is 1. The van der Waals surface area contributed by atoms with Gasteiger partial charge >= 0.3 is 5.97 Å². The third-order valence-corrected chi connectivity index (χ3v) is 2.12. The lowest BCUT2D eigenvalue weighted by Gasteiger charge is -2.10. The number of aromatic nitrogens is 1. The molecule has 0 fully saturated rings. The Morgan fingerprint density at radius 2 is 2.43 bits per heavy atom. The van der Waals surface area contributed by atoms with Gasteiger partial charge in [0.05, 0.1) is 0 Å². The molecule has 1 aromatic rings. The molecule has 0 bridgehead atoms. The predicted molar refractivity (Wildman–Crippen MR) is 52.9 cm³/mol. The summed E-state index contributed by atoms with van der Waals surface area (Å²) in [7, 11) is 0. The quantitative estimate of drug-likeness (QED) is 0.749. The highest BCUT2D eigenvalue weighted by atomic mass is 16.4. The second kappa shape index (κ2) is 4.72. The van der Waals surface area contributed by atoms with Gasteiger partial charge in [-0.25, -0.2) is 0 Å². The number of pyridine rings is 1. The molecule has 0 saturated heterocycles. The molecule has 1 heterocycles. The maximum absolute atomic E-state index is 10.5. The van der Waals surface area contributed by atoms with Crippen LogP contribution >= 0.6 is 0 Å². The zero-order valence-electron chi connectivity index (χ0n) is 8.32. The van der Waals surface area contributed by atoms with E-state index in [1.807, 2.05) is 13.0 Å². The predicted octanol–water partition coefficient (Wildman–Crippen LogP) is 0.953. The maximum Gasteiger partial charge on any atom is 0.320 e. The van der Waals surface area contributed by atoms with Crippen molar-refractivity contribution in [2.75, 3.05) is 0 Å². The van der Waals surface area contributed by atoms with Gasteiger partial charge in [-0.1, -0.05) is 0 Å². The van der Waals surface area contributed by atoms with Crippen LogP contribution in [0.15, 0.2) is 18.5 Å². The van der Waals surface area contributed by atoms with E-state index in [1.54, 1.807) is 19.3 Å². The first-order valence-corrected chi connectivity index (χ1v) is 4.47.